The first-order valence-corrected chi connectivity index (χ1v) is 13.0. The summed E-state index contributed by atoms with van der Waals surface area (Å²) in [4.78, 5) is 31.7. The molecule has 34 heavy (non-hydrogen) atoms. The zero-order chi connectivity index (χ0) is 24.3. The molecule has 1 aromatic heterocycles. The summed E-state index contributed by atoms with van der Waals surface area (Å²) in [5.41, 5.74) is 2.30. The van der Waals surface area contributed by atoms with Crippen molar-refractivity contribution in [3.05, 3.63) is 59.4 Å². The summed E-state index contributed by atoms with van der Waals surface area (Å²) in [5.74, 6) is 0.532. The quantitative estimate of drug-likeness (QED) is 0.291. The Morgan fingerprint density at radius 3 is 2.21 bits per heavy atom. The van der Waals surface area contributed by atoms with Crippen molar-refractivity contribution in [2.45, 2.75) is 33.4 Å². The number of rotatable bonds is 11. The highest BCUT2D eigenvalue weighted by Crippen LogP contribution is 2.48. The number of aryl methyl sites for hydroxylation is 1. The number of imidazole rings is 1. The molecule has 0 fully saturated rings. The van der Waals surface area contributed by atoms with Crippen LogP contribution in [-0.2, 0) is 26.7 Å². The first-order chi connectivity index (χ1) is 16.4. The molecular weight excluding hydrogens is 457 g/mol. The molecular formula is C24H28N3O6P. The van der Waals surface area contributed by atoms with Gasteiger partial charge in [0.2, 0.25) is 0 Å². The number of methoxy groups -OCH3 is 1. The second kappa shape index (κ2) is 10.1. The number of carbonyl (C=O) groups excluding carboxylic acids is 2. The molecule has 0 bridgehead atoms. The van der Waals surface area contributed by atoms with E-state index in [1.54, 1.807) is 45.2 Å². The third kappa shape index (κ3) is 4.64. The van der Waals surface area contributed by atoms with Crippen LogP contribution in [0.5, 0.6) is 5.75 Å². The first kappa shape index (κ1) is 24.1. The predicted molar refractivity (Wildman–Crippen MR) is 127 cm³/mol. The minimum Gasteiger partial charge on any atom is -0.497 e. The highest BCUT2D eigenvalue weighted by molar-refractivity contribution is 7.53. The molecule has 4 rings (SSSR count). The molecule has 10 heteroatoms. The maximum absolute atomic E-state index is 12.9. The zero-order valence-corrected chi connectivity index (χ0v) is 20.4. The van der Waals surface area contributed by atoms with E-state index in [0.717, 1.165) is 5.52 Å². The first-order valence-electron chi connectivity index (χ1n) is 11.3. The van der Waals surface area contributed by atoms with Gasteiger partial charge in [0.05, 0.1) is 55.2 Å². The molecule has 0 N–H and O–H groups in total. The van der Waals surface area contributed by atoms with Gasteiger partial charge in [0.25, 0.3) is 11.8 Å². The van der Waals surface area contributed by atoms with Crippen molar-refractivity contribution in [1.82, 2.24) is 14.5 Å². The summed E-state index contributed by atoms with van der Waals surface area (Å²) in [6, 6.07) is 12.3. The number of imide groups is 1. The van der Waals surface area contributed by atoms with Gasteiger partial charge < -0.3 is 18.4 Å². The van der Waals surface area contributed by atoms with Crippen LogP contribution in [0.3, 0.4) is 0 Å². The lowest BCUT2D eigenvalue weighted by molar-refractivity contribution is 0.0636. The molecule has 2 aromatic carbocycles. The second-order valence-corrected chi connectivity index (χ2v) is 9.99. The van der Waals surface area contributed by atoms with E-state index in [1.165, 1.54) is 4.90 Å². The molecule has 3 aromatic rings. The van der Waals surface area contributed by atoms with Crippen LogP contribution in [0.15, 0.2) is 42.5 Å². The maximum Gasteiger partial charge on any atom is 0.330 e. The summed E-state index contributed by atoms with van der Waals surface area (Å²) in [7, 11) is -1.61. The minimum atomic E-state index is -3.19. The summed E-state index contributed by atoms with van der Waals surface area (Å²) in [6.07, 6.45) is 0.751. The zero-order valence-electron chi connectivity index (χ0n) is 19.5. The van der Waals surface area contributed by atoms with Crippen molar-refractivity contribution in [1.29, 1.82) is 0 Å². The fourth-order valence-electron chi connectivity index (χ4n) is 4.16. The fourth-order valence-corrected chi connectivity index (χ4v) is 5.81. The second-order valence-electron chi connectivity index (χ2n) is 7.80. The number of aromatic nitrogens is 2. The van der Waals surface area contributed by atoms with E-state index in [2.05, 4.69) is 0 Å². The summed E-state index contributed by atoms with van der Waals surface area (Å²) >= 11 is 0. The Morgan fingerprint density at radius 2 is 1.62 bits per heavy atom. The average Bonchev–Trinajstić information content (AvgIpc) is 3.29. The normalized spacial score (nSPS) is 13.7. The Labute approximate surface area is 198 Å². The number of benzene rings is 2. The van der Waals surface area contributed by atoms with Gasteiger partial charge in [-0.15, -0.1) is 0 Å². The van der Waals surface area contributed by atoms with Crippen molar-refractivity contribution in [3.63, 3.8) is 0 Å². The fraction of sp³-hybridized carbons (Fsp3) is 0.375. The highest BCUT2D eigenvalue weighted by atomic mass is 31.2. The van der Waals surface area contributed by atoms with Gasteiger partial charge in [0, 0.05) is 12.6 Å². The average molecular weight is 485 g/mol. The molecule has 180 valence electrons. The molecule has 0 aliphatic carbocycles. The molecule has 2 heterocycles. The van der Waals surface area contributed by atoms with E-state index in [4.69, 9.17) is 18.8 Å². The van der Waals surface area contributed by atoms with Crippen molar-refractivity contribution in [2.75, 3.05) is 26.5 Å². The van der Waals surface area contributed by atoms with Gasteiger partial charge in [-0.2, -0.15) is 0 Å². The van der Waals surface area contributed by atoms with Gasteiger partial charge >= 0.3 is 7.60 Å². The van der Waals surface area contributed by atoms with Crippen molar-refractivity contribution < 1.29 is 27.9 Å². The molecule has 9 nitrogen and oxygen atoms in total. The number of hydrogen-bond acceptors (Lipinski definition) is 7. The van der Waals surface area contributed by atoms with E-state index in [-0.39, 0.29) is 24.5 Å². The summed E-state index contributed by atoms with van der Waals surface area (Å²) in [6.45, 7) is 4.65. The number of amides is 2. The van der Waals surface area contributed by atoms with Gasteiger partial charge in [0.15, 0.2) is 0 Å². The summed E-state index contributed by atoms with van der Waals surface area (Å²) in [5, 5.41) is 0. The monoisotopic (exact) mass is 485 g/mol. The predicted octanol–water partition coefficient (Wildman–Crippen LogP) is 4.50. The third-order valence-corrected chi connectivity index (χ3v) is 7.84. The molecule has 1 aliphatic rings. The molecule has 0 saturated heterocycles. The molecule has 0 spiro atoms. The van der Waals surface area contributed by atoms with E-state index in [1.807, 2.05) is 22.8 Å². The van der Waals surface area contributed by atoms with E-state index < -0.39 is 7.60 Å². The van der Waals surface area contributed by atoms with Crippen LogP contribution in [0, 0.1) is 0 Å². The number of nitrogens with zero attached hydrogens (tertiary/aromatic N) is 3. The standard InChI is InChI=1S/C24H28N3O6P/c1-4-32-34(30,33-5-2)14-8-13-26-21-12-11-17(31-3)15-20(21)25-22(26)16-27-23(28)18-9-6-7-10-19(18)24(27)29/h6-7,9-12,15H,4-5,8,13-14,16H2,1-3H3. The van der Waals surface area contributed by atoms with Gasteiger partial charge in [-0.25, -0.2) is 4.98 Å². The van der Waals surface area contributed by atoms with E-state index >= 15 is 0 Å². The van der Waals surface area contributed by atoms with Crippen LogP contribution in [0.2, 0.25) is 0 Å². The Morgan fingerprint density at radius 1 is 0.971 bits per heavy atom. The Kier molecular flexibility index (Phi) is 7.16. The molecule has 0 atom stereocenters. The lowest BCUT2D eigenvalue weighted by Crippen LogP contribution is -2.30. The van der Waals surface area contributed by atoms with Crippen LogP contribution < -0.4 is 4.74 Å². The van der Waals surface area contributed by atoms with Crippen LogP contribution in [0.4, 0.5) is 0 Å². The highest BCUT2D eigenvalue weighted by Gasteiger charge is 2.36. The van der Waals surface area contributed by atoms with Crippen LogP contribution in [0.1, 0.15) is 46.8 Å². The van der Waals surface area contributed by atoms with Crippen LogP contribution >= 0.6 is 7.60 Å². The molecule has 2 amide bonds. The number of ether oxygens (including phenoxy) is 1. The minimum absolute atomic E-state index is 0.0257. The molecule has 1 aliphatic heterocycles. The Hall–Kier alpha value is -3.00. The summed E-state index contributed by atoms with van der Waals surface area (Å²) < 4.78 is 31.0. The molecule has 0 radical (unpaired) electrons. The third-order valence-electron chi connectivity index (χ3n) is 5.68. The number of fused-ring (bicyclic) bond motifs is 2. The van der Waals surface area contributed by atoms with Crippen LogP contribution in [0.25, 0.3) is 11.0 Å². The Balaban J connectivity index is 1.63. The SMILES string of the molecule is CCOP(=O)(CCCn1c(CN2C(=O)c3ccccc3C2=O)nc2cc(OC)ccc21)OCC. The van der Waals surface area contributed by atoms with Gasteiger partial charge in [-0.05, 0) is 44.5 Å². The Bertz CT molecular complexity index is 1230. The van der Waals surface area contributed by atoms with Crippen LogP contribution in [-0.4, -0.2) is 52.8 Å². The number of carbonyl (C=O) groups is 2. The lowest BCUT2D eigenvalue weighted by atomic mass is 10.1. The van der Waals surface area contributed by atoms with Crippen molar-refractivity contribution >= 4 is 30.4 Å². The van der Waals surface area contributed by atoms with Crippen molar-refractivity contribution in [3.8, 4) is 5.75 Å². The topological polar surface area (TPSA) is 100.0 Å². The lowest BCUT2D eigenvalue weighted by Gasteiger charge is -2.18. The number of hydrogen-bond donors (Lipinski definition) is 0. The van der Waals surface area contributed by atoms with Gasteiger partial charge in [-0.1, -0.05) is 12.1 Å². The van der Waals surface area contributed by atoms with E-state index in [0.29, 0.717) is 54.4 Å². The molecule has 0 saturated carbocycles. The largest absolute Gasteiger partial charge is 0.497 e. The molecule has 0 unspecified atom stereocenters. The van der Waals surface area contributed by atoms with E-state index in [9.17, 15) is 14.2 Å². The van der Waals surface area contributed by atoms with Gasteiger partial charge in [0.1, 0.15) is 11.6 Å². The maximum atomic E-state index is 12.9. The smallest absolute Gasteiger partial charge is 0.330 e. The van der Waals surface area contributed by atoms with Gasteiger partial charge in [-0.3, -0.25) is 19.1 Å². The van der Waals surface area contributed by atoms with Crippen molar-refractivity contribution in [2.24, 2.45) is 0 Å².